The molecule has 0 aliphatic carbocycles. The molecular weight excluding hydrogens is 464 g/mol. The first-order valence-corrected chi connectivity index (χ1v) is 12.3. The number of hydrogen-bond acceptors (Lipinski definition) is 5. The van der Waals surface area contributed by atoms with Crippen LogP contribution in [0.4, 0.5) is 5.69 Å². The van der Waals surface area contributed by atoms with E-state index < -0.39 is 15.9 Å². The van der Waals surface area contributed by atoms with Crippen molar-refractivity contribution in [2.24, 2.45) is 0 Å². The second kappa shape index (κ2) is 10.7. The molecule has 1 N–H and O–H groups in total. The van der Waals surface area contributed by atoms with Gasteiger partial charge >= 0.3 is 0 Å². The molecule has 0 fully saturated rings. The highest BCUT2D eigenvalue weighted by Gasteiger charge is 2.21. The Morgan fingerprint density at radius 3 is 2.39 bits per heavy atom. The minimum Gasteiger partial charge on any atom is -0.497 e. The number of rotatable bonds is 9. The van der Waals surface area contributed by atoms with E-state index in [2.05, 4.69) is 5.32 Å². The van der Waals surface area contributed by atoms with Crippen LogP contribution in [0, 0.1) is 6.92 Å². The number of hydrogen-bond donors (Lipinski definition) is 1. The van der Waals surface area contributed by atoms with Crippen LogP contribution in [-0.4, -0.2) is 38.5 Å². The summed E-state index contributed by atoms with van der Waals surface area (Å²) in [6.07, 6.45) is 1.07. The summed E-state index contributed by atoms with van der Waals surface area (Å²) < 4.78 is 36.8. The van der Waals surface area contributed by atoms with E-state index in [1.54, 1.807) is 49.6 Å². The lowest BCUT2D eigenvalue weighted by Crippen LogP contribution is -2.36. The van der Waals surface area contributed by atoms with E-state index in [1.165, 1.54) is 0 Å². The monoisotopic (exact) mass is 488 g/mol. The van der Waals surface area contributed by atoms with E-state index in [0.29, 0.717) is 28.0 Å². The minimum absolute atomic E-state index is 0.0786. The van der Waals surface area contributed by atoms with E-state index in [4.69, 9.17) is 21.1 Å². The zero-order valence-corrected chi connectivity index (χ0v) is 20.1. The van der Waals surface area contributed by atoms with Crippen molar-refractivity contribution in [3.8, 4) is 17.2 Å². The molecule has 0 bridgehead atoms. The molecule has 0 atom stereocenters. The predicted molar refractivity (Wildman–Crippen MR) is 130 cm³/mol. The summed E-state index contributed by atoms with van der Waals surface area (Å²) in [4.78, 5) is 12.8. The highest BCUT2D eigenvalue weighted by molar-refractivity contribution is 7.88. The lowest BCUT2D eigenvalue weighted by molar-refractivity contribution is -0.116. The highest BCUT2D eigenvalue weighted by atomic mass is 35.5. The van der Waals surface area contributed by atoms with Gasteiger partial charge in [0.1, 0.15) is 11.5 Å². The number of carbonyl (C=O) groups excluding carboxylic acids is 1. The Morgan fingerprint density at radius 2 is 1.73 bits per heavy atom. The van der Waals surface area contributed by atoms with Gasteiger partial charge in [-0.2, -0.15) is 4.31 Å². The van der Waals surface area contributed by atoms with Gasteiger partial charge in [-0.15, -0.1) is 0 Å². The Bertz CT molecular complexity index is 1230. The van der Waals surface area contributed by atoms with Crippen molar-refractivity contribution in [1.29, 1.82) is 0 Å². The number of nitrogens with zero attached hydrogens (tertiary/aromatic N) is 1. The van der Waals surface area contributed by atoms with Crippen LogP contribution in [0.15, 0.2) is 66.7 Å². The van der Waals surface area contributed by atoms with Gasteiger partial charge in [-0.3, -0.25) is 4.79 Å². The average molecular weight is 489 g/mol. The fourth-order valence-corrected chi connectivity index (χ4v) is 3.93. The van der Waals surface area contributed by atoms with Crippen LogP contribution in [0.2, 0.25) is 5.02 Å². The Morgan fingerprint density at radius 1 is 1.03 bits per heavy atom. The van der Waals surface area contributed by atoms with Crippen LogP contribution in [0.5, 0.6) is 17.2 Å². The van der Waals surface area contributed by atoms with Gasteiger partial charge in [0.05, 0.1) is 25.6 Å². The third-order valence-corrected chi connectivity index (χ3v) is 6.18. The number of anilines is 1. The number of methoxy groups -OCH3 is 1. The molecule has 0 radical (unpaired) electrons. The van der Waals surface area contributed by atoms with E-state index in [1.807, 2.05) is 31.2 Å². The number of ether oxygens (including phenoxy) is 2. The fourth-order valence-electron chi connectivity index (χ4n) is 3.02. The summed E-state index contributed by atoms with van der Waals surface area (Å²) in [5.41, 5.74) is 2.16. The van der Waals surface area contributed by atoms with Crippen molar-refractivity contribution < 1.29 is 22.7 Å². The summed E-state index contributed by atoms with van der Waals surface area (Å²) in [7, 11) is -2.08. The third kappa shape index (κ3) is 7.21. The SMILES string of the molecule is COc1cccc(Oc2ccc(Cl)cc2NC(=O)CN(Cc2ccc(C)cc2)S(C)(=O)=O)c1. The molecule has 174 valence electrons. The maximum atomic E-state index is 12.8. The molecule has 0 saturated carbocycles. The average Bonchev–Trinajstić information content (AvgIpc) is 2.76. The lowest BCUT2D eigenvalue weighted by atomic mass is 10.1. The number of amides is 1. The first-order valence-electron chi connectivity index (χ1n) is 10.1. The Labute approximate surface area is 198 Å². The molecule has 0 aliphatic rings. The second-order valence-electron chi connectivity index (χ2n) is 7.49. The number of aryl methyl sites for hydroxylation is 1. The molecule has 0 unspecified atom stereocenters. The van der Waals surface area contributed by atoms with Crippen molar-refractivity contribution in [2.75, 3.05) is 25.2 Å². The molecule has 3 aromatic carbocycles. The number of nitrogens with one attached hydrogen (secondary N) is 1. The smallest absolute Gasteiger partial charge is 0.239 e. The number of benzene rings is 3. The van der Waals surface area contributed by atoms with Gasteiger partial charge in [-0.05, 0) is 42.8 Å². The van der Waals surface area contributed by atoms with Gasteiger partial charge in [0.15, 0.2) is 5.75 Å². The van der Waals surface area contributed by atoms with Gasteiger partial charge in [-0.25, -0.2) is 8.42 Å². The lowest BCUT2D eigenvalue weighted by Gasteiger charge is -2.20. The normalized spacial score (nSPS) is 11.3. The summed E-state index contributed by atoms with van der Waals surface area (Å²) in [6, 6.07) is 19.3. The molecule has 3 aromatic rings. The van der Waals surface area contributed by atoms with Crippen LogP contribution in [0.3, 0.4) is 0 Å². The highest BCUT2D eigenvalue weighted by Crippen LogP contribution is 2.33. The number of carbonyl (C=O) groups is 1. The maximum absolute atomic E-state index is 12.8. The minimum atomic E-state index is -3.63. The third-order valence-electron chi connectivity index (χ3n) is 4.75. The Kier molecular flexibility index (Phi) is 7.97. The number of sulfonamides is 1. The summed E-state index contributed by atoms with van der Waals surface area (Å²) in [5.74, 6) is 0.951. The van der Waals surface area contributed by atoms with Crippen LogP contribution >= 0.6 is 11.6 Å². The Hall–Kier alpha value is -3.07. The molecule has 0 saturated heterocycles. The van der Waals surface area contributed by atoms with Crippen molar-refractivity contribution in [2.45, 2.75) is 13.5 Å². The van der Waals surface area contributed by atoms with Gasteiger partial charge in [0, 0.05) is 17.6 Å². The quantitative estimate of drug-likeness (QED) is 0.465. The predicted octanol–water partition coefficient (Wildman–Crippen LogP) is 4.85. The standard InChI is InChI=1S/C24H25ClN2O5S/c1-17-7-9-18(10-8-17)15-27(33(3,29)30)16-24(28)26-22-13-19(25)11-12-23(22)32-21-6-4-5-20(14-21)31-2/h4-14H,15-16H2,1-3H3,(H,26,28). The maximum Gasteiger partial charge on any atom is 0.239 e. The largest absolute Gasteiger partial charge is 0.497 e. The van der Waals surface area contributed by atoms with Gasteiger partial charge in [-0.1, -0.05) is 47.5 Å². The fraction of sp³-hybridized carbons (Fsp3) is 0.208. The Balaban J connectivity index is 1.77. The molecule has 9 heteroatoms. The van der Waals surface area contributed by atoms with Crippen LogP contribution < -0.4 is 14.8 Å². The van der Waals surface area contributed by atoms with Crippen LogP contribution in [-0.2, 0) is 21.4 Å². The van der Waals surface area contributed by atoms with Gasteiger partial charge < -0.3 is 14.8 Å². The first-order chi connectivity index (χ1) is 15.6. The van der Waals surface area contributed by atoms with Crippen molar-refractivity contribution >= 4 is 33.2 Å². The van der Waals surface area contributed by atoms with E-state index in [-0.39, 0.29) is 13.1 Å². The summed E-state index contributed by atoms with van der Waals surface area (Å²) in [5, 5.41) is 3.10. The van der Waals surface area contributed by atoms with E-state index in [9.17, 15) is 13.2 Å². The molecule has 1 amide bonds. The molecule has 0 spiro atoms. The molecule has 3 rings (SSSR count). The van der Waals surface area contributed by atoms with Crippen molar-refractivity contribution in [3.05, 3.63) is 82.9 Å². The van der Waals surface area contributed by atoms with E-state index in [0.717, 1.165) is 21.7 Å². The first kappa shape index (κ1) is 24.6. The van der Waals surface area contributed by atoms with Gasteiger partial charge in [0.25, 0.3) is 0 Å². The van der Waals surface area contributed by atoms with Crippen LogP contribution in [0.25, 0.3) is 0 Å². The van der Waals surface area contributed by atoms with Gasteiger partial charge in [0.2, 0.25) is 15.9 Å². The van der Waals surface area contributed by atoms with Crippen molar-refractivity contribution in [3.63, 3.8) is 0 Å². The number of halogens is 1. The summed E-state index contributed by atoms with van der Waals surface area (Å²) >= 11 is 6.12. The summed E-state index contributed by atoms with van der Waals surface area (Å²) in [6.45, 7) is 1.66. The second-order valence-corrected chi connectivity index (χ2v) is 9.91. The molecular formula is C24H25ClN2O5S. The van der Waals surface area contributed by atoms with Crippen molar-refractivity contribution in [1.82, 2.24) is 4.31 Å². The molecule has 7 nitrogen and oxygen atoms in total. The van der Waals surface area contributed by atoms with E-state index >= 15 is 0 Å². The van der Waals surface area contributed by atoms with Crippen LogP contribution in [0.1, 0.15) is 11.1 Å². The molecule has 0 aromatic heterocycles. The molecule has 0 heterocycles. The zero-order valence-electron chi connectivity index (χ0n) is 18.5. The zero-order chi connectivity index (χ0) is 24.0. The topological polar surface area (TPSA) is 84.9 Å². The molecule has 0 aliphatic heterocycles. The molecule has 33 heavy (non-hydrogen) atoms.